The first-order chi connectivity index (χ1) is 13.9. The first-order valence-corrected chi connectivity index (χ1v) is 10.1. The first kappa shape index (κ1) is 19.6. The summed E-state index contributed by atoms with van der Waals surface area (Å²) in [6, 6.07) is 14.0. The SMILES string of the molecule is Cc1cc(-c2cn(C3c4ccccc4CCC3(N)CO)nn2)ccc1OC(C)C. The number of fused-ring (bicyclic) bond motifs is 1. The summed E-state index contributed by atoms with van der Waals surface area (Å²) in [4.78, 5) is 0. The molecule has 3 N–H and O–H groups in total. The monoisotopic (exact) mass is 392 g/mol. The highest BCUT2D eigenvalue weighted by molar-refractivity contribution is 5.61. The normalized spacial score (nSPS) is 21.2. The Labute approximate surface area is 171 Å². The molecular formula is C23H28N4O2. The number of rotatable bonds is 5. The van der Waals surface area contributed by atoms with E-state index in [2.05, 4.69) is 28.5 Å². The van der Waals surface area contributed by atoms with Crippen LogP contribution < -0.4 is 10.5 Å². The van der Waals surface area contributed by atoms with Crippen molar-refractivity contribution >= 4 is 0 Å². The van der Waals surface area contributed by atoms with E-state index < -0.39 is 5.54 Å². The van der Waals surface area contributed by atoms with Gasteiger partial charge in [0.2, 0.25) is 0 Å². The molecule has 2 unspecified atom stereocenters. The number of hydrogen-bond acceptors (Lipinski definition) is 5. The summed E-state index contributed by atoms with van der Waals surface area (Å²) in [6.07, 6.45) is 3.59. The predicted molar refractivity (Wildman–Crippen MR) is 113 cm³/mol. The minimum atomic E-state index is -0.774. The Morgan fingerprint density at radius 3 is 2.79 bits per heavy atom. The van der Waals surface area contributed by atoms with Gasteiger partial charge in [-0.15, -0.1) is 5.10 Å². The highest BCUT2D eigenvalue weighted by Gasteiger charge is 2.41. The first-order valence-electron chi connectivity index (χ1n) is 10.1. The predicted octanol–water partition coefficient (Wildman–Crippen LogP) is 3.27. The lowest BCUT2D eigenvalue weighted by atomic mass is 9.75. The number of nitrogens with zero attached hydrogens (tertiary/aromatic N) is 3. The molecule has 6 nitrogen and oxygen atoms in total. The van der Waals surface area contributed by atoms with E-state index in [-0.39, 0.29) is 18.8 Å². The van der Waals surface area contributed by atoms with Crippen molar-refractivity contribution in [2.75, 3.05) is 6.61 Å². The van der Waals surface area contributed by atoms with E-state index in [1.807, 2.05) is 51.2 Å². The quantitative estimate of drug-likeness (QED) is 0.696. The zero-order chi connectivity index (χ0) is 20.6. The summed E-state index contributed by atoms with van der Waals surface area (Å²) in [5, 5.41) is 18.9. The van der Waals surface area contributed by atoms with E-state index in [9.17, 15) is 5.11 Å². The summed E-state index contributed by atoms with van der Waals surface area (Å²) >= 11 is 0. The minimum Gasteiger partial charge on any atom is -0.491 e. The van der Waals surface area contributed by atoms with Gasteiger partial charge in [0.25, 0.3) is 0 Å². The molecule has 1 aliphatic rings. The van der Waals surface area contributed by atoms with Crippen LogP contribution in [-0.4, -0.2) is 38.4 Å². The molecule has 2 aromatic carbocycles. The molecule has 0 aliphatic heterocycles. The molecule has 4 rings (SSSR count). The van der Waals surface area contributed by atoms with E-state index in [1.165, 1.54) is 5.56 Å². The maximum atomic E-state index is 10.1. The number of aryl methyl sites for hydroxylation is 2. The third kappa shape index (κ3) is 3.66. The number of aromatic nitrogens is 3. The molecule has 0 spiro atoms. The fraction of sp³-hybridized carbons (Fsp3) is 0.391. The molecule has 0 bridgehead atoms. The fourth-order valence-electron chi connectivity index (χ4n) is 4.14. The molecule has 0 saturated carbocycles. The van der Waals surface area contributed by atoms with E-state index in [0.717, 1.165) is 34.6 Å². The third-order valence-corrected chi connectivity index (χ3v) is 5.66. The highest BCUT2D eigenvalue weighted by atomic mass is 16.5. The van der Waals surface area contributed by atoms with Crippen LogP contribution in [0.2, 0.25) is 0 Å². The van der Waals surface area contributed by atoms with E-state index in [1.54, 1.807) is 4.68 Å². The standard InChI is InChI=1S/C23H28N4O2/c1-15(2)29-21-9-8-18(12-16(21)3)20-13-27(26-25-20)22-19-7-5-4-6-17(19)10-11-23(22,24)14-28/h4-9,12-13,15,22,28H,10-11,14,24H2,1-3H3. The van der Waals surface area contributed by atoms with Gasteiger partial charge in [-0.2, -0.15) is 0 Å². The van der Waals surface area contributed by atoms with Gasteiger partial charge in [0.15, 0.2) is 0 Å². The summed E-state index contributed by atoms with van der Waals surface area (Å²) in [7, 11) is 0. The van der Waals surface area contributed by atoms with E-state index in [4.69, 9.17) is 10.5 Å². The molecule has 152 valence electrons. The molecule has 1 aliphatic carbocycles. The van der Waals surface area contributed by atoms with Crippen LogP contribution in [0.4, 0.5) is 0 Å². The van der Waals surface area contributed by atoms with Gasteiger partial charge in [0, 0.05) is 5.56 Å². The lowest BCUT2D eigenvalue weighted by Gasteiger charge is -2.40. The summed E-state index contributed by atoms with van der Waals surface area (Å²) < 4.78 is 7.63. The Hall–Kier alpha value is -2.70. The van der Waals surface area contributed by atoms with Gasteiger partial charge in [-0.25, -0.2) is 4.68 Å². The van der Waals surface area contributed by atoms with Gasteiger partial charge in [0.1, 0.15) is 11.4 Å². The molecule has 3 aromatic rings. The second-order valence-electron chi connectivity index (χ2n) is 8.22. The molecule has 0 radical (unpaired) electrons. The zero-order valence-electron chi connectivity index (χ0n) is 17.2. The van der Waals surface area contributed by atoms with Crippen LogP contribution in [0.1, 0.15) is 43.0 Å². The second kappa shape index (κ2) is 7.61. The van der Waals surface area contributed by atoms with Crippen LogP contribution >= 0.6 is 0 Å². The van der Waals surface area contributed by atoms with Gasteiger partial charge in [-0.05, 0) is 68.5 Å². The smallest absolute Gasteiger partial charge is 0.122 e. The molecule has 1 heterocycles. The molecule has 1 aromatic heterocycles. The van der Waals surface area contributed by atoms with Crippen LogP contribution in [0.15, 0.2) is 48.7 Å². The topological polar surface area (TPSA) is 86.2 Å². The molecule has 2 atom stereocenters. The van der Waals surface area contributed by atoms with Crippen LogP contribution in [0.25, 0.3) is 11.3 Å². The van der Waals surface area contributed by atoms with Crippen molar-refractivity contribution in [2.45, 2.75) is 51.3 Å². The average molecular weight is 393 g/mol. The molecule has 0 fully saturated rings. The number of aliphatic hydroxyl groups excluding tert-OH is 1. The largest absolute Gasteiger partial charge is 0.491 e. The van der Waals surface area contributed by atoms with E-state index >= 15 is 0 Å². The van der Waals surface area contributed by atoms with Crippen LogP contribution in [-0.2, 0) is 6.42 Å². The Kier molecular flexibility index (Phi) is 5.15. The zero-order valence-corrected chi connectivity index (χ0v) is 17.2. The summed E-state index contributed by atoms with van der Waals surface area (Å²) in [5.74, 6) is 0.874. The minimum absolute atomic E-state index is 0.110. The van der Waals surface area contributed by atoms with Gasteiger partial charge in [-0.1, -0.05) is 29.5 Å². The number of benzene rings is 2. The molecule has 29 heavy (non-hydrogen) atoms. The summed E-state index contributed by atoms with van der Waals surface area (Å²) in [6.45, 7) is 5.95. The third-order valence-electron chi connectivity index (χ3n) is 5.66. The number of hydrogen-bond donors (Lipinski definition) is 2. The van der Waals surface area contributed by atoms with Crippen molar-refractivity contribution in [3.8, 4) is 17.0 Å². The van der Waals surface area contributed by atoms with Crippen molar-refractivity contribution in [1.82, 2.24) is 15.0 Å². The van der Waals surface area contributed by atoms with Crippen molar-refractivity contribution in [3.63, 3.8) is 0 Å². The molecule has 0 saturated heterocycles. The maximum absolute atomic E-state index is 10.1. The lowest BCUT2D eigenvalue weighted by molar-refractivity contribution is 0.136. The molecule has 0 amide bonds. The van der Waals surface area contributed by atoms with Crippen LogP contribution in [0.3, 0.4) is 0 Å². The Morgan fingerprint density at radius 1 is 1.28 bits per heavy atom. The number of ether oxygens (including phenoxy) is 1. The summed E-state index contributed by atoms with van der Waals surface area (Å²) in [5.41, 5.74) is 11.0. The van der Waals surface area contributed by atoms with Gasteiger partial charge in [0.05, 0.1) is 30.5 Å². The molecular weight excluding hydrogens is 364 g/mol. The maximum Gasteiger partial charge on any atom is 0.122 e. The second-order valence-corrected chi connectivity index (χ2v) is 8.22. The molecule has 6 heteroatoms. The average Bonchev–Trinajstić information content (AvgIpc) is 3.18. The van der Waals surface area contributed by atoms with Crippen LogP contribution in [0, 0.1) is 6.92 Å². The fourth-order valence-corrected chi connectivity index (χ4v) is 4.14. The number of nitrogens with two attached hydrogens (primary N) is 1. The van der Waals surface area contributed by atoms with E-state index in [0.29, 0.717) is 6.42 Å². The van der Waals surface area contributed by atoms with Crippen molar-refractivity contribution < 1.29 is 9.84 Å². The van der Waals surface area contributed by atoms with Gasteiger partial charge in [-0.3, -0.25) is 0 Å². The van der Waals surface area contributed by atoms with Crippen molar-refractivity contribution in [2.24, 2.45) is 5.73 Å². The van der Waals surface area contributed by atoms with Crippen molar-refractivity contribution in [3.05, 3.63) is 65.4 Å². The van der Waals surface area contributed by atoms with Crippen molar-refractivity contribution in [1.29, 1.82) is 0 Å². The Morgan fingerprint density at radius 2 is 2.07 bits per heavy atom. The van der Waals surface area contributed by atoms with Gasteiger partial charge < -0.3 is 15.6 Å². The Balaban J connectivity index is 1.71. The van der Waals surface area contributed by atoms with Gasteiger partial charge >= 0.3 is 0 Å². The Bertz CT molecular complexity index is 1010. The van der Waals surface area contributed by atoms with Crippen LogP contribution in [0.5, 0.6) is 5.75 Å². The highest BCUT2D eigenvalue weighted by Crippen LogP contribution is 2.38. The number of aliphatic hydroxyl groups is 1. The lowest BCUT2D eigenvalue weighted by Crippen LogP contribution is -2.54.